The lowest BCUT2D eigenvalue weighted by Crippen LogP contribution is -2.43. The van der Waals surface area contributed by atoms with E-state index in [0.29, 0.717) is 6.42 Å². The zero-order chi connectivity index (χ0) is 15.6. The van der Waals surface area contributed by atoms with Crippen molar-refractivity contribution < 1.29 is 13.2 Å². The molecule has 1 aromatic rings. The summed E-state index contributed by atoms with van der Waals surface area (Å²) in [5.74, 6) is -0.363. The third-order valence-electron chi connectivity index (χ3n) is 3.64. The van der Waals surface area contributed by atoms with Gasteiger partial charge in [-0.3, -0.25) is 4.79 Å². The van der Waals surface area contributed by atoms with Crippen LogP contribution in [0.25, 0.3) is 0 Å². The fraction of sp³-hybridized carbons (Fsp3) is 0.500. The topological polar surface area (TPSA) is 87.3 Å². The van der Waals surface area contributed by atoms with Gasteiger partial charge in [-0.1, -0.05) is 6.07 Å². The Bertz CT molecular complexity index is 656. The first-order valence-corrected chi connectivity index (χ1v) is 8.45. The smallest absolute Gasteiger partial charge is 0.241 e. The van der Waals surface area contributed by atoms with Crippen LogP contribution in [0.3, 0.4) is 0 Å². The fourth-order valence-electron chi connectivity index (χ4n) is 2.54. The number of benzene rings is 1. The summed E-state index contributed by atoms with van der Waals surface area (Å²) in [5, 5.41) is 5.69. The van der Waals surface area contributed by atoms with Gasteiger partial charge in [0.2, 0.25) is 15.9 Å². The van der Waals surface area contributed by atoms with Crippen LogP contribution < -0.4 is 15.4 Å². The lowest BCUT2D eigenvalue weighted by Gasteiger charge is -2.23. The van der Waals surface area contributed by atoms with E-state index in [1.807, 2.05) is 6.92 Å². The van der Waals surface area contributed by atoms with Crippen LogP contribution in [0, 0.1) is 6.92 Å². The molecule has 2 rings (SSSR count). The second kappa shape index (κ2) is 6.03. The van der Waals surface area contributed by atoms with E-state index in [9.17, 15) is 13.2 Å². The third-order valence-corrected chi connectivity index (χ3v) is 5.27. The van der Waals surface area contributed by atoms with E-state index in [0.717, 1.165) is 29.8 Å². The number of nitrogens with one attached hydrogen (secondary N) is 3. The Hall–Kier alpha value is -1.60. The maximum atomic E-state index is 12.5. The normalized spacial score (nSPS) is 15.8. The lowest BCUT2D eigenvalue weighted by atomic mass is 10.00. The first-order chi connectivity index (χ1) is 9.86. The number of hydrogen-bond donors (Lipinski definition) is 3. The zero-order valence-corrected chi connectivity index (χ0v) is 13.3. The zero-order valence-electron chi connectivity index (χ0n) is 12.5. The minimum Gasteiger partial charge on any atom is -0.385 e. The van der Waals surface area contributed by atoms with Gasteiger partial charge in [-0.15, -0.1) is 0 Å². The summed E-state index contributed by atoms with van der Waals surface area (Å²) in [4.78, 5) is 11.8. The minimum atomic E-state index is -3.72. The molecule has 1 amide bonds. The van der Waals surface area contributed by atoms with Crippen LogP contribution in [0.4, 0.5) is 5.69 Å². The summed E-state index contributed by atoms with van der Waals surface area (Å²) >= 11 is 0. The predicted octanol–water partition coefficient (Wildman–Crippen LogP) is 0.766. The maximum Gasteiger partial charge on any atom is 0.241 e. The summed E-state index contributed by atoms with van der Waals surface area (Å²) < 4.78 is 27.5. The Labute approximate surface area is 125 Å². The molecule has 0 aliphatic carbocycles. The molecule has 0 saturated carbocycles. The summed E-state index contributed by atoms with van der Waals surface area (Å²) in [6.45, 7) is 4.32. The van der Waals surface area contributed by atoms with Gasteiger partial charge < -0.3 is 10.6 Å². The number of aryl methyl sites for hydroxylation is 1. The Kier molecular flexibility index (Phi) is 4.53. The molecule has 1 aromatic carbocycles. The van der Waals surface area contributed by atoms with Gasteiger partial charge in [-0.05, 0) is 43.9 Å². The van der Waals surface area contributed by atoms with Crippen molar-refractivity contribution in [3.63, 3.8) is 0 Å². The highest BCUT2D eigenvalue weighted by Gasteiger charge is 2.26. The number of amides is 1. The maximum absolute atomic E-state index is 12.5. The number of anilines is 1. The van der Waals surface area contributed by atoms with E-state index in [2.05, 4.69) is 15.4 Å². The SMILES string of the molecule is CNC(=O)C(C)NS(=O)(=O)c1ccc(C)c2c1CCCN2. The van der Waals surface area contributed by atoms with E-state index in [1.165, 1.54) is 14.0 Å². The minimum absolute atomic E-state index is 0.256. The number of sulfonamides is 1. The van der Waals surface area contributed by atoms with Crippen LogP contribution in [-0.2, 0) is 21.2 Å². The van der Waals surface area contributed by atoms with Crippen molar-refractivity contribution in [2.24, 2.45) is 0 Å². The highest BCUT2D eigenvalue weighted by atomic mass is 32.2. The van der Waals surface area contributed by atoms with Gasteiger partial charge in [-0.2, -0.15) is 4.72 Å². The van der Waals surface area contributed by atoms with E-state index in [4.69, 9.17) is 0 Å². The Balaban J connectivity index is 2.39. The molecule has 7 heteroatoms. The quantitative estimate of drug-likeness (QED) is 0.766. The average Bonchev–Trinajstić information content (AvgIpc) is 2.46. The van der Waals surface area contributed by atoms with Crippen molar-refractivity contribution >= 4 is 21.6 Å². The summed E-state index contributed by atoms with van der Waals surface area (Å²) in [7, 11) is -2.25. The van der Waals surface area contributed by atoms with Crippen molar-refractivity contribution in [1.29, 1.82) is 0 Å². The number of carbonyl (C=O) groups is 1. The van der Waals surface area contributed by atoms with Gasteiger partial charge in [0.05, 0.1) is 10.9 Å². The van der Waals surface area contributed by atoms with Crippen molar-refractivity contribution in [3.8, 4) is 0 Å². The Morgan fingerprint density at radius 3 is 2.76 bits per heavy atom. The predicted molar refractivity (Wildman–Crippen MR) is 81.8 cm³/mol. The van der Waals surface area contributed by atoms with Gasteiger partial charge in [0, 0.05) is 19.3 Å². The molecule has 3 N–H and O–H groups in total. The van der Waals surface area contributed by atoms with Crippen molar-refractivity contribution in [3.05, 3.63) is 23.3 Å². The van der Waals surface area contributed by atoms with Crippen LogP contribution in [0.2, 0.25) is 0 Å². The molecule has 1 aliphatic heterocycles. The molecule has 0 radical (unpaired) electrons. The molecule has 0 saturated heterocycles. The second-order valence-electron chi connectivity index (χ2n) is 5.22. The average molecular weight is 311 g/mol. The molecule has 0 aromatic heterocycles. The van der Waals surface area contributed by atoms with Crippen LogP contribution in [0.15, 0.2) is 17.0 Å². The van der Waals surface area contributed by atoms with E-state index < -0.39 is 16.1 Å². The number of likely N-dealkylation sites (N-methyl/N-ethyl adjacent to an activating group) is 1. The Morgan fingerprint density at radius 2 is 2.10 bits per heavy atom. The molecule has 1 unspecified atom stereocenters. The van der Waals surface area contributed by atoms with Gasteiger partial charge >= 0.3 is 0 Å². The number of fused-ring (bicyclic) bond motifs is 1. The van der Waals surface area contributed by atoms with Crippen LogP contribution in [0.5, 0.6) is 0 Å². The standard InChI is InChI=1S/C14H21N3O3S/c1-9-6-7-12(11-5-4-8-16-13(9)11)21(19,20)17-10(2)14(18)15-3/h6-7,10,16-17H,4-5,8H2,1-3H3,(H,15,18). The molecule has 1 heterocycles. The molecule has 0 bridgehead atoms. The van der Waals surface area contributed by atoms with Crippen molar-refractivity contribution in [1.82, 2.24) is 10.0 Å². The fourth-order valence-corrected chi connectivity index (χ4v) is 4.01. The van der Waals surface area contributed by atoms with Crippen molar-refractivity contribution in [2.45, 2.75) is 37.6 Å². The molecular formula is C14H21N3O3S. The highest BCUT2D eigenvalue weighted by molar-refractivity contribution is 7.89. The van der Waals surface area contributed by atoms with Crippen LogP contribution in [0.1, 0.15) is 24.5 Å². The molecule has 6 nitrogen and oxygen atoms in total. The summed E-state index contributed by atoms with van der Waals surface area (Å²) in [6.07, 6.45) is 1.61. The highest BCUT2D eigenvalue weighted by Crippen LogP contribution is 2.31. The molecule has 0 fully saturated rings. The number of carbonyl (C=O) groups excluding carboxylic acids is 1. The Morgan fingerprint density at radius 1 is 1.38 bits per heavy atom. The van der Waals surface area contributed by atoms with Gasteiger partial charge in [0.1, 0.15) is 0 Å². The first-order valence-electron chi connectivity index (χ1n) is 6.97. The van der Waals surface area contributed by atoms with Crippen LogP contribution >= 0.6 is 0 Å². The van der Waals surface area contributed by atoms with Crippen molar-refractivity contribution in [2.75, 3.05) is 18.9 Å². The molecule has 1 aliphatic rings. The molecule has 0 spiro atoms. The second-order valence-corrected chi connectivity index (χ2v) is 6.90. The number of rotatable bonds is 4. The summed E-state index contributed by atoms with van der Waals surface area (Å²) in [6, 6.07) is 2.59. The molecular weight excluding hydrogens is 290 g/mol. The molecule has 116 valence electrons. The number of hydrogen-bond acceptors (Lipinski definition) is 4. The van der Waals surface area contributed by atoms with E-state index >= 15 is 0 Å². The summed E-state index contributed by atoms with van der Waals surface area (Å²) in [5.41, 5.74) is 2.73. The van der Waals surface area contributed by atoms with Crippen LogP contribution in [-0.4, -0.2) is 34.0 Å². The van der Waals surface area contributed by atoms with Gasteiger partial charge in [-0.25, -0.2) is 8.42 Å². The molecule has 21 heavy (non-hydrogen) atoms. The lowest BCUT2D eigenvalue weighted by molar-refractivity contribution is -0.121. The third kappa shape index (κ3) is 3.19. The van der Waals surface area contributed by atoms with Gasteiger partial charge in [0.25, 0.3) is 0 Å². The van der Waals surface area contributed by atoms with E-state index in [1.54, 1.807) is 12.1 Å². The monoisotopic (exact) mass is 311 g/mol. The first kappa shape index (κ1) is 15.8. The largest absolute Gasteiger partial charge is 0.385 e. The van der Waals surface area contributed by atoms with Gasteiger partial charge in [0.15, 0.2) is 0 Å². The van der Waals surface area contributed by atoms with E-state index in [-0.39, 0.29) is 10.8 Å². The molecule has 1 atom stereocenters.